The number of nitrogens with one attached hydrogen (secondary N) is 1. The van der Waals surface area contributed by atoms with Gasteiger partial charge in [0.1, 0.15) is 11.3 Å². The molecule has 0 radical (unpaired) electrons. The Bertz CT molecular complexity index is 895. The number of fused-ring (bicyclic) bond motifs is 1. The highest BCUT2D eigenvalue weighted by Crippen LogP contribution is 2.31. The largest absolute Gasteiger partial charge is 0.497 e. The standard InChI is InChI=1S/C20H21N3O2/c1-25-16-5-2-4-15(12-16)14-8-10-23(11-9-14)20(24)17-6-3-7-18-19(17)22-13-21-18/h2-7,12-14H,8-11H2,1H3,(H,21,22). The third kappa shape index (κ3) is 2.97. The van der Waals surface area contributed by atoms with E-state index >= 15 is 0 Å². The van der Waals surface area contributed by atoms with E-state index in [1.165, 1.54) is 5.56 Å². The average Bonchev–Trinajstić information content (AvgIpc) is 3.16. The Balaban J connectivity index is 1.48. The van der Waals surface area contributed by atoms with Gasteiger partial charge in [0.2, 0.25) is 0 Å². The van der Waals surface area contributed by atoms with Crippen molar-refractivity contribution in [2.45, 2.75) is 18.8 Å². The number of imidazole rings is 1. The summed E-state index contributed by atoms with van der Waals surface area (Å²) in [6.07, 6.45) is 3.57. The molecule has 1 N–H and O–H groups in total. The van der Waals surface area contributed by atoms with Gasteiger partial charge >= 0.3 is 0 Å². The van der Waals surface area contributed by atoms with E-state index in [-0.39, 0.29) is 5.91 Å². The Kier molecular flexibility index (Phi) is 4.14. The summed E-state index contributed by atoms with van der Waals surface area (Å²) in [5.41, 5.74) is 3.62. The van der Waals surface area contributed by atoms with Crippen LogP contribution in [0.15, 0.2) is 48.8 Å². The van der Waals surface area contributed by atoms with E-state index < -0.39 is 0 Å². The highest BCUT2D eigenvalue weighted by molar-refractivity contribution is 6.04. The fourth-order valence-corrected chi connectivity index (χ4v) is 3.62. The number of nitrogens with zero attached hydrogens (tertiary/aromatic N) is 2. The summed E-state index contributed by atoms with van der Waals surface area (Å²) >= 11 is 0. The molecule has 0 aliphatic carbocycles. The molecule has 3 aromatic rings. The Labute approximate surface area is 146 Å². The number of ether oxygens (including phenoxy) is 1. The van der Waals surface area contributed by atoms with Crippen molar-refractivity contribution in [3.8, 4) is 5.75 Å². The predicted octanol–water partition coefficient (Wildman–Crippen LogP) is 3.59. The number of para-hydroxylation sites is 1. The number of hydrogen-bond acceptors (Lipinski definition) is 3. The van der Waals surface area contributed by atoms with E-state index in [1.54, 1.807) is 13.4 Å². The molecule has 1 fully saturated rings. The van der Waals surface area contributed by atoms with Gasteiger partial charge in [0.15, 0.2) is 0 Å². The van der Waals surface area contributed by atoms with Crippen LogP contribution in [0.2, 0.25) is 0 Å². The first-order valence-corrected chi connectivity index (χ1v) is 8.61. The molecule has 1 saturated heterocycles. The van der Waals surface area contributed by atoms with Crippen LogP contribution in [0.3, 0.4) is 0 Å². The van der Waals surface area contributed by atoms with Crippen LogP contribution in [0, 0.1) is 0 Å². The van der Waals surface area contributed by atoms with Crippen molar-refractivity contribution in [3.63, 3.8) is 0 Å². The van der Waals surface area contributed by atoms with Crippen molar-refractivity contribution < 1.29 is 9.53 Å². The monoisotopic (exact) mass is 335 g/mol. The second kappa shape index (κ2) is 6.59. The molecule has 0 spiro atoms. The average molecular weight is 335 g/mol. The third-order valence-corrected chi connectivity index (χ3v) is 5.03. The summed E-state index contributed by atoms with van der Waals surface area (Å²) in [4.78, 5) is 22.2. The van der Waals surface area contributed by atoms with Gasteiger partial charge in [-0.1, -0.05) is 18.2 Å². The maximum Gasteiger partial charge on any atom is 0.256 e. The van der Waals surface area contributed by atoms with Gasteiger partial charge in [-0.2, -0.15) is 0 Å². The summed E-state index contributed by atoms with van der Waals surface area (Å²) < 4.78 is 5.32. The molecule has 2 aromatic carbocycles. The number of rotatable bonds is 3. The number of amides is 1. The lowest BCUT2D eigenvalue weighted by atomic mass is 9.89. The molecule has 1 aliphatic rings. The summed E-state index contributed by atoms with van der Waals surface area (Å²) in [5, 5.41) is 0. The predicted molar refractivity (Wildman–Crippen MR) is 97.0 cm³/mol. The lowest BCUT2D eigenvalue weighted by Crippen LogP contribution is -2.38. The zero-order valence-corrected chi connectivity index (χ0v) is 14.2. The van der Waals surface area contributed by atoms with E-state index in [2.05, 4.69) is 22.1 Å². The molecule has 1 aliphatic heterocycles. The molecule has 5 nitrogen and oxygen atoms in total. The molecular formula is C20H21N3O2. The normalized spacial score (nSPS) is 15.5. The minimum Gasteiger partial charge on any atom is -0.497 e. The molecule has 1 amide bonds. The van der Waals surface area contributed by atoms with Crippen LogP contribution in [0.5, 0.6) is 5.75 Å². The van der Waals surface area contributed by atoms with E-state index in [1.807, 2.05) is 35.2 Å². The van der Waals surface area contributed by atoms with Crippen molar-refractivity contribution >= 4 is 16.9 Å². The van der Waals surface area contributed by atoms with Gasteiger partial charge in [0.05, 0.1) is 24.5 Å². The second-order valence-corrected chi connectivity index (χ2v) is 6.45. The van der Waals surface area contributed by atoms with Gasteiger partial charge in [-0.25, -0.2) is 4.98 Å². The molecule has 0 bridgehead atoms. The van der Waals surface area contributed by atoms with Crippen LogP contribution in [0.25, 0.3) is 11.0 Å². The lowest BCUT2D eigenvalue weighted by molar-refractivity contribution is 0.0714. The first-order chi connectivity index (χ1) is 12.3. The highest BCUT2D eigenvalue weighted by atomic mass is 16.5. The first-order valence-electron chi connectivity index (χ1n) is 8.61. The van der Waals surface area contributed by atoms with Gasteiger partial charge in [0, 0.05) is 13.1 Å². The molecule has 25 heavy (non-hydrogen) atoms. The van der Waals surface area contributed by atoms with Gasteiger partial charge in [-0.05, 0) is 48.6 Å². The summed E-state index contributed by atoms with van der Waals surface area (Å²) in [5.74, 6) is 1.43. The number of H-pyrrole nitrogens is 1. The Hall–Kier alpha value is -2.82. The lowest BCUT2D eigenvalue weighted by Gasteiger charge is -2.32. The number of aromatic nitrogens is 2. The zero-order chi connectivity index (χ0) is 17.2. The quantitative estimate of drug-likeness (QED) is 0.796. The smallest absolute Gasteiger partial charge is 0.256 e. The third-order valence-electron chi connectivity index (χ3n) is 5.03. The molecule has 0 saturated carbocycles. The summed E-state index contributed by atoms with van der Waals surface area (Å²) in [6.45, 7) is 1.53. The number of benzene rings is 2. The van der Waals surface area contributed by atoms with E-state index in [9.17, 15) is 4.79 Å². The molecule has 128 valence electrons. The Morgan fingerprint density at radius 2 is 2.00 bits per heavy atom. The van der Waals surface area contributed by atoms with E-state index in [0.717, 1.165) is 42.7 Å². The summed E-state index contributed by atoms with van der Waals surface area (Å²) in [6, 6.07) is 13.9. The van der Waals surface area contributed by atoms with Gasteiger partial charge in [-0.15, -0.1) is 0 Å². The summed E-state index contributed by atoms with van der Waals surface area (Å²) in [7, 11) is 1.69. The maximum atomic E-state index is 12.9. The van der Waals surface area contributed by atoms with Crippen LogP contribution in [-0.2, 0) is 0 Å². The number of methoxy groups -OCH3 is 1. The molecule has 2 heterocycles. The van der Waals surface area contributed by atoms with Crippen LogP contribution in [0.4, 0.5) is 0 Å². The first kappa shape index (κ1) is 15.7. The number of likely N-dealkylation sites (tertiary alicyclic amines) is 1. The molecule has 4 rings (SSSR count). The maximum absolute atomic E-state index is 12.9. The van der Waals surface area contributed by atoms with Crippen molar-refractivity contribution in [1.82, 2.24) is 14.9 Å². The number of carbonyl (C=O) groups excluding carboxylic acids is 1. The van der Waals surface area contributed by atoms with E-state index in [4.69, 9.17) is 4.74 Å². The molecule has 0 atom stereocenters. The molecule has 1 aromatic heterocycles. The van der Waals surface area contributed by atoms with Crippen LogP contribution in [0.1, 0.15) is 34.7 Å². The molecular weight excluding hydrogens is 314 g/mol. The number of carbonyl (C=O) groups is 1. The molecule has 5 heteroatoms. The fraction of sp³-hybridized carbons (Fsp3) is 0.300. The van der Waals surface area contributed by atoms with Crippen LogP contribution < -0.4 is 4.74 Å². The number of hydrogen-bond donors (Lipinski definition) is 1. The Morgan fingerprint density at radius 1 is 1.20 bits per heavy atom. The highest BCUT2D eigenvalue weighted by Gasteiger charge is 2.26. The Morgan fingerprint density at radius 3 is 2.80 bits per heavy atom. The van der Waals surface area contributed by atoms with Crippen molar-refractivity contribution in [2.75, 3.05) is 20.2 Å². The van der Waals surface area contributed by atoms with Gasteiger partial charge in [0.25, 0.3) is 5.91 Å². The minimum atomic E-state index is 0.0711. The van der Waals surface area contributed by atoms with Crippen molar-refractivity contribution in [3.05, 3.63) is 59.9 Å². The molecule has 0 unspecified atom stereocenters. The SMILES string of the molecule is COc1cccc(C2CCN(C(=O)c3cccc4[nH]cnc34)CC2)c1. The topological polar surface area (TPSA) is 58.2 Å². The number of piperidine rings is 1. The van der Waals surface area contributed by atoms with Crippen LogP contribution in [-0.4, -0.2) is 41.0 Å². The van der Waals surface area contributed by atoms with Crippen LogP contribution >= 0.6 is 0 Å². The minimum absolute atomic E-state index is 0.0711. The van der Waals surface area contributed by atoms with Gasteiger partial charge in [-0.3, -0.25) is 4.79 Å². The second-order valence-electron chi connectivity index (χ2n) is 6.45. The van der Waals surface area contributed by atoms with Crippen molar-refractivity contribution in [2.24, 2.45) is 0 Å². The zero-order valence-electron chi connectivity index (χ0n) is 14.2. The van der Waals surface area contributed by atoms with Crippen molar-refractivity contribution in [1.29, 1.82) is 0 Å². The number of aromatic amines is 1. The fourth-order valence-electron chi connectivity index (χ4n) is 3.62. The van der Waals surface area contributed by atoms with E-state index in [0.29, 0.717) is 11.5 Å². The van der Waals surface area contributed by atoms with Gasteiger partial charge < -0.3 is 14.6 Å².